The second kappa shape index (κ2) is 3.98. The van der Waals surface area contributed by atoms with Crippen molar-refractivity contribution in [2.24, 2.45) is 0 Å². The largest absolute Gasteiger partial charge is 0.495 e. The summed E-state index contributed by atoms with van der Waals surface area (Å²) in [6, 6.07) is 6.15. The van der Waals surface area contributed by atoms with Gasteiger partial charge in [0.25, 0.3) is 0 Å². The number of ether oxygens (including phenoxy) is 2. The Morgan fingerprint density at radius 1 is 1.47 bits per heavy atom. The number of rotatable bonds is 3. The topological polar surface area (TPSA) is 47.7 Å². The van der Waals surface area contributed by atoms with E-state index in [0.29, 0.717) is 11.7 Å². The third-order valence-electron chi connectivity index (χ3n) is 2.75. The third kappa shape index (κ3) is 1.85. The number of nitrogens with zero attached hydrogens (tertiary/aromatic N) is 1. The number of benzene rings is 1. The molecule has 0 saturated carbocycles. The van der Waals surface area contributed by atoms with Gasteiger partial charge in [-0.3, -0.25) is 0 Å². The van der Waals surface area contributed by atoms with E-state index in [-0.39, 0.29) is 0 Å². The van der Waals surface area contributed by atoms with Crippen LogP contribution in [0.1, 0.15) is 0 Å². The van der Waals surface area contributed by atoms with Crippen LogP contribution in [0.25, 0.3) is 0 Å². The summed E-state index contributed by atoms with van der Waals surface area (Å²) in [7, 11) is 3.70. The van der Waals surface area contributed by atoms with Gasteiger partial charge in [-0.2, -0.15) is 0 Å². The molecule has 4 nitrogen and oxygen atoms in total. The first-order chi connectivity index (χ1) is 7.22. The van der Waals surface area contributed by atoms with Gasteiger partial charge >= 0.3 is 0 Å². The van der Waals surface area contributed by atoms with Crippen LogP contribution >= 0.6 is 0 Å². The second-order valence-corrected chi connectivity index (χ2v) is 3.73. The van der Waals surface area contributed by atoms with Crippen molar-refractivity contribution in [3.63, 3.8) is 0 Å². The smallest absolute Gasteiger partial charge is 0.144 e. The van der Waals surface area contributed by atoms with Gasteiger partial charge in [-0.05, 0) is 12.1 Å². The molecule has 0 bridgehead atoms. The normalized spacial score (nSPS) is 15.9. The fourth-order valence-corrected chi connectivity index (χ4v) is 1.63. The van der Waals surface area contributed by atoms with E-state index in [9.17, 15) is 0 Å². The summed E-state index contributed by atoms with van der Waals surface area (Å²) in [5.74, 6) is 0.810. The number of nitrogen functional groups attached to an aromatic ring is 1. The first-order valence-corrected chi connectivity index (χ1v) is 4.96. The highest BCUT2D eigenvalue weighted by molar-refractivity contribution is 5.64. The monoisotopic (exact) mass is 208 g/mol. The molecule has 2 rings (SSSR count). The summed E-state index contributed by atoms with van der Waals surface area (Å²) in [4.78, 5) is 2.17. The van der Waals surface area contributed by atoms with E-state index in [2.05, 4.69) is 4.90 Å². The lowest BCUT2D eigenvalue weighted by molar-refractivity contribution is 0.0100. The van der Waals surface area contributed by atoms with Gasteiger partial charge in [-0.1, -0.05) is 0 Å². The van der Waals surface area contributed by atoms with Gasteiger partial charge in [0.1, 0.15) is 5.75 Å². The van der Waals surface area contributed by atoms with Crippen molar-refractivity contribution in [1.29, 1.82) is 0 Å². The van der Waals surface area contributed by atoms with E-state index < -0.39 is 0 Å². The Labute approximate surface area is 89.6 Å². The van der Waals surface area contributed by atoms with Crippen molar-refractivity contribution in [1.82, 2.24) is 0 Å². The number of hydrogen-bond donors (Lipinski definition) is 1. The molecular formula is C11H16N2O2. The van der Waals surface area contributed by atoms with E-state index in [0.717, 1.165) is 24.7 Å². The predicted octanol–water partition coefficient (Wildman–Crippen LogP) is 1.11. The first-order valence-electron chi connectivity index (χ1n) is 4.96. The van der Waals surface area contributed by atoms with Crippen molar-refractivity contribution in [2.45, 2.75) is 6.04 Å². The maximum atomic E-state index is 5.70. The van der Waals surface area contributed by atoms with Crippen molar-refractivity contribution >= 4 is 11.4 Å². The Morgan fingerprint density at radius 2 is 2.20 bits per heavy atom. The fourth-order valence-electron chi connectivity index (χ4n) is 1.63. The highest BCUT2D eigenvalue weighted by Gasteiger charge is 2.25. The van der Waals surface area contributed by atoms with Gasteiger partial charge in [0.15, 0.2) is 0 Å². The lowest BCUT2D eigenvalue weighted by Crippen LogP contribution is -2.47. The Bertz CT molecular complexity index is 350. The average Bonchev–Trinajstić information content (AvgIpc) is 2.14. The molecule has 2 N–H and O–H groups in total. The van der Waals surface area contributed by atoms with Crippen molar-refractivity contribution in [2.75, 3.05) is 38.0 Å². The standard InChI is InChI=1S/C11H16N2O2/c1-13(9-6-15-7-9)10-4-3-8(12)5-11(10)14-2/h3-5,9H,6-7,12H2,1-2H3. The molecule has 4 heteroatoms. The Kier molecular flexibility index (Phi) is 2.68. The van der Waals surface area contributed by atoms with Crippen LogP contribution in [0, 0.1) is 0 Å². The quantitative estimate of drug-likeness (QED) is 0.756. The molecule has 1 aliphatic rings. The van der Waals surface area contributed by atoms with Crippen molar-refractivity contribution in [3.8, 4) is 5.75 Å². The summed E-state index contributed by atoms with van der Waals surface area (Å²) in [6.07, 6.45) is 0. The molecule has 1 aromatic carbocycles. The molecule has 0 aromatic heterocycles. The summed E-state index contributed by atoms with van der Waals surface area (Å²) >= 11 is 0. The van der Waals surface area contributed by atoms with Gasteiger partial charge in [0, 0.05) is 18.8 Å². The Hall–Kier alpha value is -1.42. The van der Waals surface area contributed by atoms with E-state index in [1.807, 2.05) is 25.2 Å². The van der Waals surface area contributed by atoms with E-state index in [1.165, 1.54) is 0 Å². The Balaban J connectivity index is 2.25. The molecule has 0 aliphatic carbocycles. The molecule has 1 aliphatic heterocycles. The molecular weight excluding hydrogens is 192 g/mol. The zero-order valence-corrected chi connectivity index (χ0v) is 9.06. The highest BCUT2D eigenvalue weighted by atomic mass is 16.5. The van der Waals surface area contributed by atoms with Crippen LogP contribution in [0.4, 0.5) is 11.4 Å². The summed E-state index contributed by atoms with van der Waals surface area (Å²) in [5, 5.41) is 0. The van der Waals surface area contributed by atoms with Gasteiger partial charge in [-0.15, -0.1) is 0 Å². The molecule has 0 radical (unpaired) electrons. The Morgan fingerprint density at radius 3 is 2.73 bits per heavy atom. The van der Waals surface area contributed by atoms with Crippen LogP contribution in [-0.2, 0) is 4.74 Å². The van der Waals surface area contributed by atoms with Crippen molar-refractivity contribution in [3.05, 3.63) is 18.2 Å². The van der Waals surface area contributed by atoms with Crippen LogP contribution in [0.15, 0.2) is 18.2 Å². The van der Waals surface area contributed by atoms with Crippen LogP contribution < -0.4 is 15.4 Å². The molecule has 1 heterocycles. The van der Waals surface area contributed by atoms with Gasteiger partial charge in [0.2, 0.25) is 0 Å². The van der Waals surface area contributed by atoms with E-state index >= 15 is 0 Å². The second-order valence-electron chi connectivity index (χ2n) is 3.73. The first kappa shape index (κ1) is 10.1. The van der Waals surface area contributed by atoms with Crippen LogP contribution in [0.5, 0.6) is 5.75 Å². The number of nitrogens with two attached hydrogens (primary N) is 1. The lowest BCUT2D eigenvalue weighted by Gasteiger charge is -2.36. The van der Waals surface area contributed by atoms with Crippen LogP contribution in [0.2, 0.25) is 0 Å². The van der Waals surface area contributed by atoms with Crippen LogP contribution in [0.3, 0.4) is 0 Å². The van der Waals surface area contributed by atoms with E-state index in [1.54, 1.807) is 7.11 Å². The third-order valence-corrected chi connectivity index (χ3v) is 2.75. The maximum Gasteiger partial charge on any atom is 0.144 e. The number of likely N-dealkylation sites (N-methyl/N-ethyl adjacent to an activating group) is 1. The van der Waals surface area contributed by atoms with Gasteiger partial charge in [-0.25, -0.2) is 0 Å². The lowest BCUT2D eigenvalue weighted by atomic mass is 10.1. The number of anilines is 2. The summed E-state index contributed by atoms with van der Waals surface area (Å²) < 4.78 is 10.5. The average molecular weight is 208 g/mol. The van der Waals surface area contributed by atoms with E-state index in [4.69, 9.17) is 15.2 Å². The molecule has 1 saturated heterocycles. The molecule has 0 unspecified atom stereocenters. The molecule has 15 heavy (non-hydrogen) atoms. The van der Waals surface area contributed by atoms with Gasteiger partial charge in [0.05, 0.1) is 32.1 Å². The molecule has 0 amide bonds. The minimum atomic E-state index is 0.447. The minimum Gasteiger partial charge on any atom is -0.495 e. The molecule has 0 spiro atoms. The fraction of sp³-hybridized carbons (Fsp3) is 0.455. The number of methoxy groups -OCH3 is 1. The zero-order chi connectivity index (χ0) is 10.8. The maximum absolute atomic E-state index is 5.70. The van der Waals surface area contributed by atoms with Crippen molar-refractivity contribution < 1.29 is 9.47 Å². The van der Waals surface area contributed by atoms with Gasteiger partial charge < -0.3 is 20.1 Å². The summed E-state index contributed by atoms with van der Waals surface area (Å²) in [6.45, 7) is 1.56. The molecule has 1 aromatic rings. The zero-order valence-electron chi connectivity index (χ0n) is 9.06. The number of hydrogen-bond acceptors (Lipinski definition) is 4. The van der Waals surface area contributed by atoms with Crippen LogP contribution in [-0.4, -0.2) is 33.4 Å². The molecule has 82 valence electrons. The molecule has 1 fully saturated rings. The highest BCUT2D eigenvalue weighted by Crippen LogP contribution is 2.31. The summed E-state index contributed by atoms with van der Waals surface area (Å²) in [5.41, 5.74) is 7.47. The predicted molar refractivity (Wildman–Crippen MR) is 60.4 cm³/mol. The molecule has 0 atom stereocenters. The minimum absolute atomic E-state index is 0.447. The SMILES string of the molecule is COc1cc(N)ccc1N(C)C1COC1.